The lowest BCUT2D eigenvalue weighted by Gasteiger charge is -2.20. The van der Waals surface area contributed by atoms with Gasteiger partial charge in [0.05, 0.1) is 6.33 Å². The average molecular weight is 407 g/mol. The maximum atomic E-state index is 13.1. The van der Waals surface area contributed by atoms with E-state index in [1.807, 2.05) is 0 Å². The van der Waals surface area contributed by atoms with Crippen molar-refractivity contribution in [2.24, 2.45) is 5.41 Å². The number of alkyl carbamates (subject to hydrolysis) is 1. The summed E-state index contributed by atoms with van der Waals surface area (Å²) in [7, 11) is 0. The van der Waals surface area contributed by atoms with Crippen molar-refractivity contribution in [2.45, 2.75) is 47.1 Å². The number of halogens is 1. The molecule has 160 valence electrons. The predicted octanol–water partition coefficient (Wildman–Crippen LogP) is 5.04. The topological polar surface area (TPSA) is 85.6 Å². The summed E-state index contributed by atoms with van der Waals surface area (Å²) in [6.07, 6.45) is -0.200. The molecule has 0 aliphatic rings. The van der Waals surface area contributed by atoms with E-state index in [1.54, 1.807) is 39.0 Å². The van der Waals surface area contributed by atoms with E-state index in [1.165, 1.54) is 0 Å². The van der Waals surface area contributed by atoms with Crippen LogP contribution in [0.4, 0.5) is 15.2 Å². The number of carbonyl (C=O) groups is 1. The summed E-state index contributed by atoms with van der Waals surface area (Å²) in [5.41, 5.74) is 1.00. The summed E-state index contributed by atoms with van der Waals surface area (Å²) < 4.78 is 29.5. The van der Waals surface area contributed by atoms with Gasteiger partial charge in [-0.05, 0) is 38.3 Å². The van der Waals surface area contributed by atoms with Crippen LogP contribution < -0.4 is 15.4 Å². The van der Waals surface area contributed by atoms with Gasteiger partial charge in [-0.25, -0.2) is 9.18 Å². The third-order valence-corrected chi connectivity index (χ3v) is 3.57. The fraction of sp³-hybridized carbons (Fsp3) is 0.524. The molecule has 1 aromatic carbocycles. The van der Waals surface area contributed by atoms with Crippen molar-refractivity contribution >= 4 is 23.2 Å². The smallest absolute Gasteiger partial charge is 0.407 e. The standard InChI is InChI=1S/C21H30FN3O4/c1-20(2,3)13-24-18-25-16-8-7-15(9-17(16)28-18)27-12-14(10-22)11-23-19(26)29-21(4,5)6/h7-10H,11-13H2,1-6H3,(H,23,26)(H,24,25). The van der Waals surface area contributed by atoms with Crippen LogP contribution in [0, 0.1) is 5.41 Å². The van der Waals surface area contributed by atoms with Crippen LogP contribution in [0.25, 0.3) is 11.1 Å². The SMILES string of the molecule is CC(C)(C)CNc1nc2ccc(OCC(=CF)CNC(=O)OC(C)(C)C)cc2o1. The number of hydrogen-bond acceptors (Lipinski definition) is 6. The van der Waals surface area contributed by atoms with Gasteiger partial charge in [-0.1, -0.05) is 20.8 Å². The number of ether oxygens (including phenoxy) is 2. The number of fused-ring (bicyclic) bond motifs is 1. The maximum absolute atomic E-state index is 13.1. The number of oxazole rings is 1. The molecule has 0 fully saturated rings. The third-order valence-electron chi connectivity index (χ3n) is 3.57. The number of nitrogens with zero attached hydrogens (tertiary/aromatic N) is 1. The Labute approximate surface area is 170 Å². The molecule has 8 heteroatoms. The van der Waals surface area contributed by atoms with Gasteiger partial charge in [0.15, 0.2) is 5.58 Å². The first-order chi connectivity index (χ1) is 13.4. The Bertz CT molecular complexity index is 863. The van der Waals surface area contributed by atoms with Gasteiger partial charge in [0.25, 0.3) is 6.01 Å². The van der Waals surface area contributed by atoms with Gasteiger partial charge in [0, 0.05) is 24.7 Å². The van der Waals surface area contributed by atoms with Crippen molar-refractivity contribution in [1.82, 2.24) is 10.3 Å². The fourth-order valence-electron chi connectivity index (χ4n) is 2.21. The molecule has 7 nitrogen and oxygen atoms in total. The molecule has 1 aromatic heterocycles. The maximum Gasteiger partial charge on any atom is 0.407 e. The van der Waals surface area contributed by atoms with E-state index < -0.39 is 11.7 Å². The summed E-state index contributed by atoms with van der Waals surface area (Å²) in [5.74, 6) is 0.507. The van der Waals surface area contributed by atoms with E-state index >= 15 is 0 Å². The zero-order valence-corrected chi connectivity index (χ0v) is 17.9. The summed E-state index contributed by atoms with van der Waals surface area (Å²) in [6, 6.07) is 5.64. The number of anilines is 1. The Morgan fingerprint density at radius 2 is 1.97 bits per heavy atom. The van der Waals surface area contributed by atoms with Crippen molar-refractivity contribution in [2.75, 3.05) is 25.0 Å². The molecule has 0 unspecified atom stereocenters. The molecule has 0 spiro atoms. The minimum atomic E-state index is -0.618. The Balaban J connectivity index is 1.91. The highest BCUT2D eigenvalue weighted by atomic mass is 19.1. The monoisotopic (exact) mass is 407 g/mol. The zero-order valence-electron chi connectivity index (χ0n) is 17.9. The molecule has 0 aliphatic carbocycles. The molecule has 0 bridgehead atoms. The van der Waals surface area contributed by atoms with Crippen molar-refractivity contribution < 1.29 is 23.1 Å². The molecule has 29 heavy (non-hydrogen) atoms. The van der Waals surface area contributed by atoms with Crippen LogP contribution in [0.1, 0.15) is 41.5 Å². The molecule has 2 rings (SSSR count). The highest BCUT2D eigenvalue weighted by Crippen LogP contribution is 2.25. The molecule has 1 heterocycles. The number of hydrogen-bond donors (Lipinski definition) is 2. The lowest BCUT2D eigenvalue weighted by atomic mass is 9.97. The molecule has 2 aromatic rings. The van der Waals surface area contributed by atoms with Gasteiger partial charge in [0.1, 0.15) is 23.5 Å². The lowest BCUT2D eigenvalue weighted by molar-refractivity contribution is 0.0531. The van der Waals surface area contributed by atoms with Gasteiger partial charge in [0.2, 0.25) is 0 Å². The minimum Gasteiger partial charge on any atom is -0.489 e. The largest absolute Gasteiger partial charge is 0.489 e. The van der Waals surface area contributed by atoms with Crippen LogP contribution in [-0.4, -0.2) is 36.4 Å². The van der Waals surface area contributed by atoms with E-state index in [0.717, 1.165) is 6.54 Å². The van der Waals surface area contributed by atoms with Crippen LogP contribution in [-0.2, 0) is 4.74 Å². The van der Waals surface area contributed by atoms with Crippen molar-refractivity contribution in [3.8, 4) is 5.75 Å². The molecule has 2 N–H and O–H groups in total. The normalized spacial score (nSPS) is 12.7. The Morgan fingerprint density at radius 1 is 1.24 bits per heavy atom. The van der Waals surface area contributed by atoms with Gasteiger partial charge in [-0.15, -0.1) is 0 Å². The van der Waals surface area contributed by atoms with Crippen LogP contribution in [0.2, 0.25) is 0 Å². The minimum absolute atomic E-state index is 0.0170. The highest BCUT2D eigenvalue weighted by molar-refractivity contribution is 5.76. The van der Waals surface area contributed by atoms with Gasteiger partial charge < -0.3 is 24.5 Å². The van der Waals surface area contributed by atoms with E-state index in [0.29, 0.717) is 29.2 Å². The lowest BCUT2D eigenvalue weighted by Crippen LogP contribution is -2.34. The Morgan fingerprint density at radius 3 is 2.59 bits per heavy atom. The van der Waals surface area contributed by atoms with Crippen molar-refractivity contribution in [3.63, 3.8) is 0 Å². The average Bonchev–Trinajstić information content (AvgIpc) is 3.00. The molecule has 0 saturated carbocycles. The summed E-state index contributed by atoms with van der Waals surface area (Å²) in [6.45, 7) is 12.3. The van der Waals surface area contributed by atoms with E-state index in [2.05, 4.69) is 36.4 Å². The quantitative estimate of drug-likeness (QED) is 0.669. The van der Waals surface area contributed by atoms with E-state index in [4.69, 9.17) is 13.9 Å². The predicted molar refractivity (Wildman–Crippen MR) is 111 cm³/mol. The first-order valence-electron chi connectivity index (χ1n) is 9.47. The summed E-state index contributed by atoms with van der Waals surface area (Å²) in [5, 5.41) is 5.67. The van der Waals surface area contributed by atoms with E-state index in [-0.39, 0.29) is 24.1 Å². The van der Waals surface area contributed by atoms with Crippen molar-refractivity contribution in [1.29, 1.82) is 0 Å². The molecule has 0 saturated heterocycles. The highest BCUT2D eigenvalue weighted by Gasteiger charge is 2.16. The van der Waals surface area contributed by atoms with Crippen LogP contribution >= 0.6 is 0 Å². The van der Waals surface area contributed by atoms with Crippen LogP contribution in [0.3, 0.4) is 0 Å². The number of rotatable bonds is 7. The molecular formula is C21H30FN3O4. The number of benzene rings is 1. The third kappa shape index (κ3) is 8.01. The Hall–Kier alpha value is -2.77. The number of aromatic nitrogens is 1. The van der Waals surface area contributed by atoms with Gasteiger partial charge in [-0.3, -0.25) is 0 Å². The second kappa shape index (κ2) is 9.15. The second-order valence-corrected chi connectivity index (χ2v) is 8.97. The molecule has 0 radical (unpaired) electrons. The van der Waals surface area contributed by atoms with E-state index in [9.17, 15) is 9.18 Å². The zero-order chi connectivity index (χ0) is 21.7. The molecule has 1 amide bonds. The first kappa shape index (κ1) is 22.5. The van der Waals surface area contributed by atoms with Crippen LogP contribution in [0.5, 0.6) is 5.75 Å². The fourth-order valence-corrected chi connectivity index (χ4v) is 2.21. The molecular weight excluding hydrogens is 377 g/mol. The van der Waals surface area contributed by atoms with Crippen molar-refractivity contribution in [3.05, 3.63) is 30.1 Å². The summed E-state index contributed by atoms with van der Waals surface area (Å²) >= 11 is 0. The first-order valence-corrected chi connectivity index (χ1v) is 9.47. The Kier molecular flexibility index (Phi) is 7.11. The number of nitrogens with one attached hydrogen (secondary N) is 2. The number of amides is 1. The summed E-state index contributed by atoms with van der Waals surface area (Å²) in [4.78, 5) is 16.0. The van der Waals surface area contributed by atoms with Crippen LogP contribution in [0.15, 0.2) is 34.5 Å². The second-order valence-electron chi connectivity index (χ2n) is 8.97. The number of carbonyl (C=O) groups excluding carboxylic acids is 1. The van der Waals surface area contributed by atoms with Gasteiger partial charge in [-0.2, -0.15) is 4.98 Å². The molecule has 0 aliphatic heterocycles. The molecule has 0 atom stereocenters. The van der Waals surface area contributed by atoms with Gasteiger partial charge >= 0.3 is 6.09 Å².